The van der Waals surface area contributed by atoms with Crippen LogP contribution in [-0.2, 0) is 4.79 Å². The third kappa shape index (κ3) is 4.49. The molecule has 1 N–H and O–H groups in total. The van der Waals surface area contributed by atoms with Gasteiger partial charge in [0.2, 0.25) is 0 Å². The minimum atomic E-state index is -0.375. The lowest BCUT2D eigenvalue weighted by atomic mass is 10.1. The molecule has 0 saturated carbocycles. The van der Waals surface area contributed by atoms with Crippen LogP contribution < -0.4 is 5.32 Å². The van der Waals surface area contributed by atoms with Crippen LogP contribution in [0.4, 0.5) is 4.39 Å². The quantitative estimate of drug-likeness (QED) is 0.498. The number of halogens is 1. The summed E-state index contributed by atoms with van der Waals surface area (Å²) >= 11 is 6.18. The van der Waals surface area contributed by atoms with E-state index in [4.69, 9.17) is 12.2 Å². The van der Waals surface area contributed by atoms with Crippen LogP contribution in [0.25, 0.3) is 12.2 Å². The van der Waals surface area contributed by atoms with Crippen molar-refractivity contribution in [3.63, 3.8) is 0 Å². The maximum Gasteiger partial charge on any atom is 0.263 e. The highest BCUT2D eigenvalue weighted by Gasteiger charge is 2.21. The minimum Gasteiger partial charge on any atom is -0.307 e. The van der Waals surface area contributed by atoms with Crippen molar-refractivity contribution in [2.45, 2.75) is 0 Å². The number of hydrogen-bond acceptors (Lipinski definition) is 4. The number of carbonyl (C=O) groups is 2. The Labute approximate surface area is 153 Å². The zero-order valence-corrected chi connectivity index (χ0v) is 14.5. The number of ketones is 1. The van der Waals surface area contributed by atoms with E-state index in [-0.39, 0.29) is 17.5 Å². The van der Waals surface area contributed by atoms with Crippen molar-refractivity contribution in [2.75, 3.05) is 0 Å². The third-order valence-electron chi connectivity index (χ3n) is 3.43. The van der Waals surface area contributed by atoms with E-state index < -0.39 is 0 Å². The fourth-order valence-corrected chi connectivity index (χ4v) is 3.20. The van der Waals surface area contributed by atoms with E-state index in [1.54, 1.807) is 12.2 Å². The molecule has 0 bridgehead atoms. The summed E-state index contributed by atoms with van der Waals surface area (Å²) in [5.41, 5.74) is 2.14. The number of thiocarbonyl (C=S) groups is 1. The molecule has 1 aliphatic heterocycles. The average molecular weight is 369 g/mol. The standard InChI is InChI=1S/C19H12FNO2S2/c20-15-8-6-14(7-9-15)16(22)10-5-12-1-3-13(4-2-12)11-17-18(23)21-19(24)25-17/h1-11H,(H,21,23,24)/b10-5+,17-11+. The molecule has 6 heteroatoms. The number of thioether (sulfide) groups is 1. The Morgan fingerprint density at radius 1 is 1.04 bits per heavy atom. The maximum absolute atomic E-state index is 12.9. The van der Waals surface area contributed by atoms with E-state index in [1.807, 2.05) is 24.3 Å². The minimum absolute atomic E-state index is 0.191. The molecule has 1 aliphatic rings. The van der Waals surface area contributed by atoms with Crippen molar-refractivity contribution in [3.05, 3.63) is 82.0 Å². The zero-order valence-electron chi connectivity index (χ0n) is 12.9. The van der Waals surface area contributed by atoms with Crippen molar-refractivity contribution in [3.8, 4) is 0 Å². The smallest absolute Gasteiger partial charge is 0.263 e. The Bertz CT molecular complexity index is 900. The van der Waals surface area contributed by atoms with Gasteiger partial charge in [-0.25, -0.2) is 4.39 Å². The summed E-state index contributed by atoms with van der Waals surface area (Å²) in [6, 6.07) is 12.8. The Morgan fingerprint density at radius 2 is 1.68 bits per heavy atom. The SMILES string of the molecule is O=C1NC(=S)S/C1=C/c1ccc(/C=C/C(=O)c2ccc(F)cc2)cc1. The molecule has 0 spiro atoms. The molecule has 0 aromatic heterocycles. The number of benzene rings is 2. The molecule has 1 saturated heterocycles. The first-order valence-corrected chi connectivity index (χ1v) is 8.57. The highest BCUT2D eigenvalue weighted by atomic mass is 32.2. The summed E-state index contributed by atoms with van der Waals surface area (Å²) in [4.78, 5) is 24.2. The molecule has 0 atom stereocenters. The molecule has 2 aromatic rings. The lowest BCUT2D eigenvalue weighted by Gasteiger charge is -1.98. The van der Waals surface area contributed by atoms with Crippen LogP contribution in [0.15, 0.2) is 59.5 Å². The third-order valence-corrected chi connectivity index (χ3v) is 4.59. The largest absolute Gasteiger partial charge is 0.307 e. The second-order valence-electron chi connectivity index (χ2n) is 5.22. The van der Waals surface area contributed by atoms with Gasteiger partial charge in [-0.05, 0) is 47.5 Å². The molecule has 1 amide bonds. The molecule has 124 valence electrons. The summed E-state index contributed by atoms with van der Waals surface area (Å²) < 4.78 is 13.3. The van der Waals surface area contributed by atoms with Crippen LogP contribution in [0.5, 0.6) is 0 Å². The highest BCUT2D eigenvalue weighted by molar-refractivity contribution is 8.26. The topological polar surface area (TPSA) is 46.2 Å². The molecule has 0 aliphatic carbocycles. The molecule has 25 heavy (non-hydrogen) atoms. The van der Waals surface area contributed by atoms with Crippen LogP contribution in [0.3, 0.4) is 0 Å². The summed E-state index contributed by atoms with van der Waals surface area (Å²) in [6.07, 6.45) is 4.89. The van der Waals surface area contributed by atoms with Gasteiger partial charge < -0.3 is 5.32 Å². The Kier molecular flexibility index (Phi) is 5.21. The van der Waals surface area contributed by atoms with E-state index in [0.29, 0.717) is 14.8 Å². The van der Waals surface area contributed by atoms with E-state index in [1.165, 1.54) is 42.1 Å². The van der Waals surface area contributed by atoms with Gasteiger partial charge in [-0.15, -0.1) is 0 Å². The van der Waals surface area contributed by atoms with Gasteiger partial charge in [0.25, 0.3) is 5.91 Å². The van der Waals surface area contributed by atoms with Crippen LogP contribution in [-0.4, -0.2) is 16.0 Å². The van der Waals surface area contributed by atoms with E-state index >= 15 is 0 Å². The van der Waals surface area contributed by atoms with Crippen LogP contribution in [0, 0.1) is 5.82 Å². The van der Waals surface area contributed by atoms with Gasteiger partial charge in [0.05, 0.1) is 4.91 Å². The van der Waals surface area contributed by atoms with Crippen molar-refractivity contribution < 1.29 is 14.0 Å². The number of allylic oxidation sites excluding steroid dienone is 1. The normalized spacial score (nSPS) is 15.8. The Balaban J connectivity index is 1.69. The van der Waals surface area contributed by atoms with Crippen LogP contribution in [0.1, 0.15) is 21.5 Å². The van der Waals surface area contributed by atoms with E-state index in [2.05, 4.69) is 5.32 Å². The fraction of sp³-hybridized carbons (Fsp3) is 0. The molecule has 0 unspecified atom stereocenters. The fourth-order valence-electron chi connectivity index (χ4n) is 2.16. The second-order valence-corrected chi connectivity index (χ2v) is 6.94. The molecular formula is C19H12FNO2S2. The van der Waals surface area contributed by atoms with Crippen LogP contribution in [0.2, 0.25) is 0 Å². The first-order chi connectivity index (χ1) is 12.0. The highest BCUT2D eigenvalue weighted by Crippen LogP contribution is 2.25. The predicted octanol–water partition coefficient (Wildman–Crippen LogP) is 4.21. The summed E-state index contributed by atoms with van der Waals surface area (Å²) in [5, 5.41) is 2.57. The zero-order chi connectivity index (χ0) is 17.8. The second kappa shape index (κ2) is 7.55. The number of hydrogen-bond donors (Lipinski definition) is 1. The van der Waals surface area contributed by atoms with E-state index in [0.717, 1.165) is 11.1 Å². The van der Waals surface area contributed by atoms with Gasteiger partial charge >= 0.3 is 0 Å². The van der Waals surface area contributed by atoms with Crippen LogP contribution >= 0.6 is 24.0 Å². The number of carbonyl (C=O) groups excluding carboxylic acids is 2. The summed E-state index contributed by atoms with van der Waals surface area (Å²) in [5.74, 6) is -0.761. The first kappa shape index (κ1) is 17.3. The van der Waals surface area contributed by atoms with Crippen molar-refractivity contribution >= 4 is 52.1 Å². The average Bonchev–Trinajstić information content (AvgIpc) is 2.92. The van der Waals surface area contributed by atoms with Gasteiger partial charge in [0.1, 0.15) is 10.1 Å². The van der Waals surface area contributed by atoms with Gasteiger partial charge in [0, 0.05) is 5.56 Å². The maximum atomic E-state index is 12.9. The number of nitrogens with one attached hydrogen (secondary N) is 1. The lowest BCUT2D eigenvalue weighted by Crippen LogP contribution is -2.17. The van der Waals surface area contributed by atoms with Gasteiger partial charge in [-0.3, -0.25) is 9.59 Å². The summed E-state index contributed by atoms with van der Waals surface area (Å²) in [7, 11) is 0. The Hall–Kier alpha value is -2.57. The molecular weight excluding hydrogens is 357 g/mol. The van der Waals surface area contributed by atoms with Gasteiger partial charge in [-0.1, -0.05) is 54.3 Å². The van der Waals surface area contributed by atoms with E-state index in [9.17, 15) is 14.0 Å². The molecule has 3 rings (SSSR count). The lowest BCUT2D eigenvalue weighted by molar-refractivity contribution is -0.115. The van der Waals surface area contributed by atoms with Crippen molar-refractivity contribution in [2.24, 2.45) is 0 Å². The first-order valence-electron chi connectivity index (χ1n) is 7.34. The van der Waals surface area contributed by atoms with Gasteiger partial charge in [0.15, 0.2) is 5.78 Å². The number of amides is 1. The van der Waals surface area contributed by atoms with Crippen molar-refractivity contribution in [1.29, 1.82) is 0 Å². The molecule has 1 fully saturated rings. The molecule has 1 heterocycles. The Morgan fingerprint density at radius 3 is 2.28 bits per heavy atom. The number of rotatable bonds is 4. The molecule has 3 nitrogen and oxygen atoms in total. The molecule has 0 radical (unpaired) electrons. The predicted molar refractivity (Wildman–Crippen MR) is 103 cm³/mol. The summed E-state index contributed by atoms with van der Waals surface area (Å²) in [6.45, 7) is 0. The van der Waals surface area contributed by atoms with Crippen molar-refractivity contribution in [1.82, 2.24) is 5.32 Å². The molecule has 2 aromatic carbocycles. The van der Waals surface area contributed by atoms with Gasteiger partial charge in [-0.2, -0.15) is 0 Å². The monoisotopic (exact) mass is 369 g/mol.